The molecule has 3 nitrogen and oxygen atoms in total. The number of rotatable bonds is 3. The van der Waals surface area contributed by atoms with Gasteiger partial charge in [0.1, 0.15) is 0 Å². The van der Waals surface area contributed by atoms with Gasteiger partial charge in [-0.3, -0.25) is 0 Å². The molecule has 0 spiro atoms. The largest absolute Gasteiger partial charge is 0.477 e. The summed E-state index contributed by atoms with van der Waals surface area (Å²) in [5.41, 5.74) is 0.595. The van der Waals surface area contributed by atoms with E-state index >= 15 is 0 Å². The number of aliphatic carboxylic acids is 1. The number of carboxylic acids is 1. The Morgan fingerprint density at radius 2 is 2.31 bits per heavy atom. The standard InChI is InChI=1S/C6H4F3NO2S/c7-4(3-1-13-2-10-3)6(8,9)5(11)12/h1-2,4H,(H,11,12). The lowest BCUT2D eigenvalue weighted by Gasteiger charge is -2.13. The molecule has 1 rings (SSSR count). The molecule has 0 aliphatic rings. The zero-order chi connectivity index (χ0) is 10.1. The van der Waals surface area contributed by atoms with Crippen molar-refractivity contribution < 1.29 is 23.1 Å². The van der Waals surface area contributed by atoms with Gasteiger partial charge in [0.05, 0.1) is 11.2 Å². The van der Waals surface area contributed by atoms with E-state index in [1.54, 1.807) is 0 Å². The molecule has 0 radical (unpaired) electrons. The first-order valence-corrected chi connectivity index (χ1v) is 4.04. The van der Waals surface area contributed by atoms with Crippen molar-refractivity contribution in [1.29, 1.82) is 0 Å². The summed E-state index contributed by atoms with van der Waals surface area (Å²) in [6.45, 7) is 0. The van der Waals surface area contributed by atoms with Crippen LogP contribution in [-0.4, -0.2) is 22.0 Å². The molecule has 1 heterocycles. The lowest BCUT2D eigenvalue weighted by molar-refractivity contribution is -0.175. The Bertz CT molecular complexity index is 301. The quantitative estimate of drug-likeness (QED) is 0.830. The molecule has 0 aliphatic carbocycles. The van der Waals surface area contributed by atoms with Gasteiger partial charge in [-0.15, -0.1) is 11.3 Å². The minimum atomic E-state index is -4.42. The molecule has 13 heavy (non-hydrogen) atoms. The molecule has 1 N–H and O–H groups in total. The van der Waals surface area contributed by atoms with Crippen LogP contribution in [-0.2, 0) is 4.79 Å². The van der Waals surface area contributed by atoms with E-state index < -0.39 is 23.8 Å². The van der Waals surface area contributed by atoms with Crippen LogP contribution in [0.1, 0.15) is 11.9 Å². The van der Waals surface area contributed by atoms with Gasteiger partial charge in [0, 0.05) is 5.38 Å². The zero-order valence-corrected chi connectivity index (χ0v) is 6.89. The number of thiazole rings is 1. The summed E-state index contributed by atoms with van der Waals surface area (Å²) < 4.78 is 37.8. The van der Waals surface area contributed by atoms with Crippen molar-refractivity contribution in [3.05, 3.63) is 16.6 Å². The number of hydrogen-bond acceptors (Lipinski definition) is 3. The number of nitrogens with zero attached hydrogens (tertiary/aromatic N) is 1. The minimum Gasteiger partial charge on any atom is -0.477 e. The van der Waals surface area contributed by atoms with Crippen molar-refractivity contribution in [3.8, 4) is 0 Å². The van der Waals surface area contributed by atoms with E-state index in [4.69, 9.17) is 5.11 Å². The van der Waals surface area contributed by atoms with Gasteiger partial charge in [-0.1, -0.05) is 0 Å². The SMILES string of the molecule is O=C(O)C(F)(F)C(F)c1cscn1. The third-order valence-electron chi connectivity index (χ3n) is 1.31. The van der Waals surface area contributed by atoms with E-state index in [0.717, 1.165) is 22.2 Å². The predicted molar refractivity (Wildman–Crippen MR) is 38.5 cm³/mol. The molecule has 1 atom stereocenters. The number of aromatic nitrogens is 1. The smallest absolute Gasteiger partial charge is 0.378 e. The topological polar surface area (TPSA) is 50.2 Å². The summed E-state index contributed by atoms with van der Waals surface area (Å²) in [7, 11) is 0. The van der Waals surface area contributed by atoms with Crippen LogP contribution in [0.5, 0.6) is 0 Å². The first-order valence-electron chi connectivity index (χ1n) is 3.09. The highest BCUT2D eigenvalue weighted by Gasteiger charge is 2.50. The highest BCUT2D eigenvalue weighted by Crippen LogP contribution is 2.34. The van der Waals surface area contributed by atoms with Gasteiger partial charge in [-0.2, -0.15) is 8.78 Å². The molecule has 7 heteroatoms. The Morgan fingerprint density at radius 3 is 2.69 bits per heavy atom. The molecule has 0 aromatic carbocycles. The van der Waals surface area contributed by atoms with E-state index in [-0.39, 0.29) is 0 Å². The van der Waals surface area contributed by atoms with Crippen molar-refractivity contribution in [2.45, 2.75) is 12.1 Å². The maximum atomic E-state index is 12.8. The van der Waals surface area contributed by atoms with E-state index in [0.29, 0.717) is 0 Å². The van der Waals surface area contributed by atoms with Crippen LogP contribution in [0.4, 0.5) is 13.2 Å². The number of alkyl halides is 3. The van der Waals surface area contributed by atoms with Crippen molar-refractivity contribution in [1.82, 2.24) is 4.98 Å². The number of halogens is 3. The molecular formula is C6H4F3NO2S. The predicted octanol–water partition coefficient (Wildman–Crippen LogP) is 1.87. The summed E-state index contributed by atoms with van der Waals surface area (Å²) in [4.78, 5) is 13.2. The maximum absolute atomic E-state index is 12.8. The fourth-order valence-electron chi connectivity index (χ4n) is 0.641. The second-order valence-electron chi connectivity index (χ2n) is 2.20. The van der Waals surface area contributed by atoms with Crippen molar-refractivity contribution in [3.63, 3.8) is 0 Å². The number of carboxylic acid groups (broad SMARTS) is 1. The Balaban J connectivity index is 2.90. The van der Waals surface area contributed by atoms with E-state index in [2.05, 4.69) is 4.98 Å². The monoisotopic (exact) mass is 211 g/mol. The molecule has 1 aromatic rings. The van der Waals surface area contributed by atoms with Crippen LogP contribution < -0.4 is 0 Å². The first-order chi connectivity index (χ1) is 5.96. The van der Waals surface area contributed by atoms with Gasteiger partial charge in [-0.25, -0.2) is 14.2 Å². The van der Waals surface area contributed by atoms with Crippen molar-refractivity contribution >= 4 is 17.3 Å². The molecule has 1 unspecified atom stereocenters. The molecule has 72 valence electrons. The zero-order valence-electron chi connectivity index (χ0n) is 6.08. The van der Waals surface area contributed by atoms with Gasteiger partial charge < -0.3 is 5.11 Å². The Kier molecular flexibility index (Phi) is 2.55. The molecule has 0 aliphatic heterocycles. The lowest BCUT2D eigenvalue weighted by atomic mass is 10.1. The Labute approximate surface area is 74.8 Å². The summed E-state index contributed by atoms with van der Waals surface area (Å²) >= 11 is 0.918. The van der Waals surface area contributed by atoms with Crippen LogP contribution in [0.2, 0.25) is 0 Å². The lowest BCUT2D eigenvalue weighted by Crippen LogP contribution is -2.33. The maximum Gasteiger partial charge on any atom is 0.378 e. The summed E-state index contributed by atoms with van der Waals surface area (Å²) in [5, 5.41) is 9.04. The normalized spacial score (nSPS) is 14.1. The van der Waals surface area contributed by atoms with Gasteiger partial charge in [-0.05, 0) is 0 Å². The van der Waals surface area contributed by atoms with Crippen LogP contribution in [0.3, 0.4) is 0 Å². The molecule has 0 bridgehead atoms. The molecule has 0 fully saturated rings. The highest BCUT2D eigenvalue weighted by molar-refractivity contribution is 7.07. The van der Waals surface area contributed by atoms with E-state index in [9.17, 15) is 18.0 Å². The molecule has 0 saturated carbocycles. The molecule has 0 amide bonds. The van der Waals surface area contributed by atoms with Crippen LogP contribution in [0, 0.1) is 0 Å². The molecule has 1 aromatic heterocycles. The number of carbonyl (C=O) groups is 1. The fourth-order valence-corrected chi connectivity index (χ4v) is 1.20. The fraction of sp³-hybridized carbons (Fsp3) is 0.333. The van der Waals surface area contributed by atoms with Gasteiger partial charge in [0.25, 0.3) is 0 Å². The Hall–Kier alpha value is -1.11. The summed E-state index contributed by atoms with van der Waals surface area (Å²) in [5.74, 6) is -6.92. The van der Waals surface area contributed by atoms with Gasteiger partial charge in [0.2, 0.25) is 6.17 Å². The molecular weight excluding hydrogens is 207 g/mol. The summed E-state index contributed by atoms with van der Waals surface area (Å²) in [6, 6.07) is 0. The van der Waals surface area contributed by atoms with Crippen LogP contribution in [0.25, 0.3) is 0 Å². The third kappa shape index (κ3) is 1.80. The Morgan fingerprint density at radius 1 is 1.69 bits per heavy atom. The summed E-state index contributed by atoms with van der Waals surface area (Å²) in [6.07, 6.45) is -2.89. The molecule has 0 saturated heterocycles. The van der Waals surface area contributed by atoms with Gasteiger partial charge >= 0.3 is 11.9 Å². The number of hydrogen-bond donors (Lipinski definition) is 1. The van der Waals surface area contributed by atoms with Crippen molar-refractivity contribution in [2.75, 3.05) is 0 Å². The second kappa shape index (κ2) is 3.33. The van der Waals surface area contributed by atoms with Gasteiger partial charge in [0.15, 0.2) is 0 Å². The third-order valence-corrected chi connectivity index (χ3v) is 1.92. The van der Waals surface area contributed by atoms with Crippen molar-refractivity contribution in [2.24, 2.45) is 0 Å². The average molecular weight is 211 g/mol. The average Bonchev–Trinajstić information content (AvgIpc) is 2.54. The van der Waals surface area contributed by atoms with Crippen LogP contribution >= 0.6 is 11.3 Å². The van der Waals surface area contributed by atoms with E-state index in [1.165, 1.54) is 0 Å². The highest BCUT2D eigenvalue weighted by atomic mass is 32.1. The second-order valence-corrected chi connectivity index (χ2v) is 2.92. The van der Waals surface area contributed by atoms with Crippen LogP contribution in [0.15, 0.2) is 10.9 Å². The minimum absolute atomic E-state index is 0.558. The van der Waals surface area contributed by atoms with E-state index in [1.807, 2.05) is 0 Å². The first kappa shape index (κ1) is 9.97.